The van der Waals surface area contributed by atoms with Gasteiger partial charge in [0.15, 0.2) is 0 Å². The van der Waals surface area contributed by atoms with Crippen LogP contribution in [-0.2, 0) is 14.3 Å². The predicted octanol–water partition coefficient (Wildman–Crippen LogP) is -0.499. The second-order valence-corrected chi connectivity index (χ2v) is 3.30. The van der Waals surface area contributed by atoms with Crippen LogP contribution in [0.2, 0.25) is 0 Å². The van der Waals surface area contributed by atoms with Gasteiger partial charge >= 0.3 is 0 Å². The van der Waals surface area contributed by atoms with Crippen molar-refractivity contribution in [2.45, 2.75) is 12.2 Å². The van der Waals surface area contributed by atoms with E-state index in [1.807, 2.05) is 12.2 Å². The number of carbonyl (C=O) groups is 2. The van der Waals surface area contributed by atoms with Crippen molar-refractivity contribution in [1.82, 2.24) is 5.32 Å². The van der Waals surface area contributed by atoms with Crippen LogP contribution in [0, 0.1) is 11.8 Å². The Hall–Kier alpha value is -1.16. The minimum absolute atomic E-state index is 0.117. The Labute approximate surface area is 75.9 Å². The first-order valence-electron chi connectivity index (χ1n) is 4.28. The topological polar surface area (TPSA) is 55.4 Å². The molecule has 4 atom stereocenters. The van der Waals surface area contributed by atoms with Gasteiger partial charge in [0.05, 0.1) is 24.0 Å². The molecule has 4 nitrogen and oxygen atoms in total. The van der Waals surface area contributed by atoms with E-state index in [4.69, 9.17) is 4.74 Å². The first kappa shape index (κ1) is 8.44. The van der Waals surface area contributed by atoms with E-state index in [1.54, 1.807) is 7.05 Å². The molecule has 0 aromatic heterocycles. The molecule has 2 heterocycles. The number of hydrogen-bond acceptors (Lipinski definition) is 3. The summed E-state index contributed by atoms with van der Waals surface area (Å²) in [7, 11) is 1.57. The highest BCUT2D eigenvalue weighted by Gasteiger charge is 2.49. The fourth-order valence-electron chi connectivity index (χ4n) is 1.99. The molecule has 4 heteroatoms. The fourth-order valence-corrected chi connectivity index (χ4v) is 1.99. The van der Waals surface area contributed by atoms with Crippen LogP contribution in [0.5, 0.6) is 0 Å². The van der Waals surface area contributed by atoms with Crippen LogP contribution in [0.15, 0.2) is 12.2 Å². The van der Waals surface area contributed by atoms with Crippen LogP contribution in [0.1, 0.15) is 0 Å². The van der Waals surface area contributed by atoms with Gasteiger partial charge in [0.1, 0.15) is 6.29 Å². The monoisotopic (exact) mass is 181 g/mol. The van der Waals surface area contributed by atoms with Crippen molar-refractivity contribution in [3.05, 3.63) is 12.2 Å². The summed E-state index contributed by atoms with van der Waals surface area (Å²) in [6.07, 6.45) is 4.12. The molecular formula is C9H11NO3. The van der Waals surface area contributed by atoms with Crippen molar-refractivity contribution in [2.75, 3.05) is 7.05 Å². The Bertz CT molecular complexity index is 274. The van der Waals surface area contributed by atoms with Crippen LogP contribution in [0.4, 0.5) is 0 Å². The number of nitrogens with one attached hydrogen (secondary N) is 1. The van der Waals surface area contributed by atoms with E-state index >= 15 is 0 Å². The first-order valence-corrected chi connectivity index (χ1v) is 4.28. The SMILES string of the molecule is CNC(=O)C1C2C=CC(O2)C1C=O. The largest absolute Gasteiger partial charge is 0.365 e. The Morgan fingerprint density at radius 3 is 2.77 bits per heavy atom. The molecule has 0 aromatic carbocycles. The zero-order valence-corrected chi connectivity index (χ0v) is 7.27. The van der Waals surface area contributed by atoms with E-state index in [1.165, 1.54) is 0 Å². The summed E-state index contributed by atoms with van der Waals surface area (Å²) in [5.41, 5.74) is 0. The van der Waals surface area contributed by atoms with Crippen molar-refractivity contribution >= 4 is 12.2 Å². The number of amides is 1. The third-order valence-corrected chi connectivity index (χ3v) is 2.66. The Morgan fingerprint density at radius 2 is 2.15 bits per heavy atom. The van der Waals surface area contributed by atoms with E-state index in [2.05, 4.69) is 5.32 Å². The van der Waals surface area contributed by atoms with Crippen LogP contribution < -0.4 is 5.32 Å². The maximum atomic E-state index is 11.4. The zero-order valence-electron chi connectivity index (χ0n) is 7.27. The van der Waals surface area contributed by atoms with Gasteiger partial charge < -0.3 is 14.8 Å². The lowest BCUT2D eigenvalue weighted by atomic mass is 9.83. The first-order chi connectivity index (χ1) is 6.27. The minimum Gasteiger partial charge on any atom is -0.365 e. The molecule has 2 aliphatic rings. The van der Waals surface area contributed by atoms with Crippen LogP contribution in [-0.4, -0.2) is 31.4 Å². The summed E-state index contributed by atoms with van der Waals surface area (Å²) in [5, 5.41) is 2.54. The number of carbonyl (C=O) groups excluding carboxylic acids is 2. The molecule has 1 N–H and O–H groups in total. The summed E-state index contributed by atoms with van der Waals surface area (Å²) in [6, 6.07) is 0. The Balaban J connectivity index is 2.23. The normalized spacial score (nSPS) is 40.7. The van der Waals surface area contributed by atoms with Crippen molar-refractivity contribution in [1.29, 1.82) is 0 Å². The second kappa shape index (κ2) is 2.96. The smallest absolute Gasteiger partial charge is 0.226 e. The van der Waals surface area contributed by atoms with Crippen molar-refractivity contribution < 1.29 is 14.3 Å². The van der Waals surface area contributed by atoms with E-state index in [9.17, 15) is 9.59 Å². The number of fused-ring (bicyclic) bond motifs is 2. The third-order valence-electron chi connectivity index (χ3n) is 2.66. The standard InChI is InChI=1S/C9H11NO3/c1-10-9(12)8-5(4-11)6-2-3-7(8)13-6/h2-8H,1H3,(H,10,12). The number of ether oxygens (including phenoxy) is 1. The molecule has 4 unspecified atom stereocenters. The van der Waals surface area contributed by atoms with Gasteiger partial charge in [-0.1, -0.05) is 12.2 Å². The van der Waals surface area contributed by atoms with Gasteiger partial charge in [0.2, 0.25) is 5.91 Å². The predicted molar refractivity (Wildman–Crippen MR) is 44.9 cm³/mol. The maximum absolute atomic E-state index is 11.4. The molecule has 0 saturated carbocycles. The zero-order chi connectivity index (χ0) is 9.42. The molecule has 70 valence electrons. The molecule has 0 aliphatic carbocycles. The summed E-state index contributed by atoms with van der Waals surface area (Å²) in [4.78, 5) is 22.1. The molecule has 1 amide bonds. The summed E-state index contributed by atoms with van der Waals surface area (Å²) >= 11 is 0. The lowest BCUT2D eigenvalue weighted by molar-refractivity contribution is -0.128. The third kappa shape index (κ3) is 1.09. The Morgan fingerprint density at radius 1 is 1.46 bits per heavy atom. The molecule has 13 heavy (non-hydrogen) atoms. The van der Waals surface area contributed by atoms with Gasteiger partial charge in [0, 0.05) is 7.05 Å². The summed E-state index contributed by atoms with van der Waals surface area (Å²) in [5.74, 6) is -0.763. The molecule has 1 saturated heterocycles. The molecule has 2 rings (SSSR count). The van der Waals surface area contributed by atoms with E-state index in [-0.39, 0.29) is 30.0 Å². The lowest BCUT2D eigenvalue weighted by Gasteiger charge is -2.18. The molecule has 2 aliphatic heterocycles. The molecular weight excluding hydrogens is 170 g/mol. The van der Waals surface area contributed by atoms with Crippen LogP contribution >= 0.6 is 0 Å². The van der Waals surface area contributed by atoms with Gasteiger partial charge in [-0.3, -0.25) is 4.79 Å². The van der Waals surface area contributed by atoms with Gasteiger partial charge in [-0.25, -0.2) is 0 Å². The summed E-state index contributed by atoms with van der Waals surface area (Å²) < 4.78 is 5.41. The summed E-state index contributed by atoms with van der Waals surface area (Å²) in [6.45, 7) is 0. The van der Waals surface area contributed by atoms with E-state index in [0.29, 0.717) is 0 Å². The van der Waals surface area contributed by atoms with Crippen molar-refractivity contribution in [2.24, 2.45) is 11.8 Å². The quantitative estimate of drug-likeness (QED) is 0.461. The minimum atomic E-state index is -0.336. The maximum Gasteiger partial charge on any atom is 0.226 e. The highest BCUT2D eigenvalue weighted by Crippen LogP contribution is 2.37. The number of hydrogen-bond donors (Lipinski definition) is 1. The lowest BCUT2D eigenvalue weighted by Crippen LogP contribution is -2.38. The van der Waals surface area contributed by atoms with Crippen LogP contribution in [0.3, 0.4) is 0 Å². The fraction of sp³-hybridized carbons (Fsp3) is 0.556. The van der Waals surface area contributed by atoms with Crippen molar-refractivity contribution in [3.8, 4) is 0 Å². The van der Waals surface area contributed by atoms with E-state index < -0.39 is 0 Å². The molecule has 1 fully saturated rings. The number of rotatable bonds is 2. The highest BCUT2D eigenvalue weighted by atomic mass is 16.5. The van der Waals surface area contributed by atoms with Gasteiger partial charge in [-0.2, -0.15) is 0 Å². The van der Waals surface area contributed by atoms with Crippen LogP contribution in [0.25, 0.3) is 0 Å². The van der Waals surface area contributed by atoms with Gasteiger partial charge in [-0.15, -0.1) is 0 Å². The van der Waals surface area contributed by atoms with Crippen molar-refractivity contribution in [3.63, 3.8) is 0 Å². The average Bonchev–Trinajstić information content (AvgIpc) is 2.74. The number of aldehydes is 1. The molecule has 0 spiro atoms. The average molecular weight is 181 g/mol. The Kier molecular flexibility index (Phi) is 1.92. The van der Waals surface area contributed by atoms with E-state index in [0.717, 1.165) is 6.29 Å². The molecule has 0 aromatic rings. The molecule has 2 bridgehead atoms. The van der Waals surface area contributed by atoms with Gasteiger partial charge in [0.25, 0.3) is 0 Å². The second-order valence-electron chi connectivity index (χ2n) is 3.30. The molecule has 0 radical (unpaired) electrons. The highest BCUT2D eigenvalue weighted by molar-refractivity contribution is 5.84. The van der Waals surface area contributed by atoms with Gasteiger partial charge in [-0.05, 0) is 0 Å².